The highest BCUT2D eigenvalue weighted by Gasteiger charge is 2.08. The Hall–Kier alpha value is -2.29. The van der Waals surface area contributed by atoms with Gasteiger partial charge in [-0.15, -0.1) is 0 Å². The van der Waals surface area contributed by atoms with E-state index in [0.717, 1.165) is 27.7 Å². The van der Waals surface area contributed by atoms with E-state index in [2.05, 4.69) is 17.2 Å². The van der Waals surface area contributed by atoms with E-state index >= 15 is 0 Å². The van der Waals surface area contributed by atoms with Crippen LogP contribution in [0.25, 0.3) is 22.0 Å². The van der Waals surface area contributed by atoms with Crippen LogP contribution in [0.2, 0.25) is 0 Å². The fourth-order valence-corrected chi connectivity index (χ4v) is 2.15. The second-order valence-corrected chi connectivity index (χ2v) is 4.09. The minimum Gasteiger partial charge on any atom is -0.398 e. The summed E-state index contributed by atoms with van der Waals surface area (Å²) in [6, 6.07) is 14.1. The van der Waals surface area contributed by atoms with Crippen molar-refractivity contribution >= 4 is 16.6 Å². The van der Waals surface area contributed by atoms with Gasteiger partial charge >= 0.3 is 0 Å². The molecule has 0 fully saturated rings. The van der Waals surface area contributed by atoms with Gasteiger partial charge in [-0.1, -0.05) is 30.3 Å². The summed E-state index contributed by atoms with van der Waals surface area (Å²) >= 11 is 0. The molecule has 3 nitrogen and oxygen atoms in total. The molecule has 3 rings (SSSR count). The third kappa shape index (κ3) is 1.47. The minimum absolute atomic E-state index is 0.795. The van der Waals surface area contributed by atoms with Crippen molar-refractivity contribution in [2.75, 3.05) is 5.73 Å². The Morgan fingerprint density at radius 1 is 1.00 bits per heavy atom. The third-order valence-electron chi connectivity index (χ3n) is 3.04. The predicted octanol–water partition coefficient (Wildman–Crippen LogP) is 2.82. The molecule has 1 heterocycles. The van der Waals surface area contributed by atoms with Crippen LogP contribution in [-0.2, 0) is 7.05 Å². The first-order valence-electron chi connectivity index (χ1n) is 5.53. The molecular weight excluding hydrogens is 210 g/mol. The number of nitrogen functional groups attached to an aromatic ring is 1. The van der Waals surface area contributed by atoms with Crippen molar-refractivity contribution < 1.29 is 0 Å². The van der Waals surface area contributed by atoms with Crippen LogP contribution in [-0.4, -0.2) is 9.78 Å². The van der Waals surface area contributed by atoms with Gasteiger partial charge in [-0.25, -0.2) is 0 Å². The average Bonchev–Trinajstić information content (AvgIpc) is 2.72. The number of fused-ring (bicyclic) bond motifs is 1. The molecule has 0 saturated heterocycles. The summed E-state index contributed by atoms with van der Waals surface area (Å²) in [5.41, 5.74) is 10.1. The van der Waals surface area contributed by atoms with Crippen LogP contribution in [0.4, 0.5) is 5.69 Å². The molecule has 2 aromatic carbocycles. The smallest absolute Gasteiger partial charge is 0.0685 e. The lowest BCUT2D eigenvalue weighted by molar-refractivity contribution is 0.797. The molecule has 17 heavy (non-hydrogen) atoms. The van der Waals surface area contributed by atoms with Crippen molar-refractivity contribution in [1.29, 1.82) is 0 Å². The Morgan fingerprint density at radius 2 is 1.76 bits per heavy atom. The molecule has 0 spiro atoms. The number of anilines is 1. The van der Waals surface area contributed by atoms with Gasteiger partial charge in [0, 0.05) is 23.7 Å². The fourth-order valence-electron chi connectivity index (χ4n) is 2.15. The summed E-state index contributed by atoms with van der Waals surface area (Å²) in [4.78, 5) is 0. The Bertz CT molecular complexity index is 683. The molecule has 0 radical (unpaired) electrons. The van der Waals surface area contributed by atoms with Crippen LogP contribution in [0.3, 0.4) is 0 Å². The Balaban J connectivity index is 2.35. The summed E-state index contributed by atoms with van der Waals surface area (Å²) in [5, 5.41) is 5.42. The summed E-state index contributed by atoms with van der Waals surface area (Å²) < 4.78 is 1.87. The van der Waals surface area contributed by atoms with Gasteiger partial charge < -0.3 is 5.73 Å². The zero-order chi connectivity index (χ0) is 11.8. The van der Waals surface area contributed by atoms with Crippen molar-refractivity contribution in [2.24, 2.45) is 7.05 Å². The van der Waals surface area contributed by atoms with Crippen LogP contribution >= 0.6 is 0 Å². The second-order valence-electron chi connectivity index (χ2n) is 4.09. The standard InChI is InChI=1S/C14H13N3/c1-17-14-8-4-6-10(12(14)9-16-17)11-5-2-3-7-13(11)15/h2-9H,15H2,1H3. The van der Waals surface area contributed by atoms with Crippen LogP contribution in [0.1, 0.15) is 0 Å². The van der Waals surface area contributed by atoms with E-state index < -0.39 is 0 Å². The van der Waals surface area contributed by atoms with Crippen LogP contribution in [0.5, 0.6) is 0 Å². The first kappa shape index (κ1) is 9.90. The van der Waals surface area contributed by atoms with E-state index in [1.807, 2.05) is 48.3 Å². The molecule has 3 heteroatoms. The highest BCUT2D eigenvalue weighted by atomic mass is 15.2. The molecular formula is C14H13N3. The van der Waals surface area contributed by atoms with Crippen molar-refractivity contribution in [1.82, 2.24) is 9.78 Å². The molecule has 0 aliphatic heterocycles. The number of aromatic nitrogens is 2. The van der Waals surface area contributed by atoms with Crippen molar-refractivity contribution in [3.05, 3.63) is 48.7 Å². The molecule has 1 aromatic heterocycles. The quantitative estimate of drug-likeness (QED) is 0.645. The molecule has 0 saturated carbocycles. The van der Waals surface area contributed by atoms with Crippen molar-refractivity contribution in [3.8, 4) is 11.1 Å². The lowest BCUT2D eigenvalue weighted by Gasteiger charge is -2.06. The van der Waals surface area contributed by atoms with Gasteiger partial charge in [-0.05, 0) is 17.7 Å². The highest BCUT2D eigenvalue weighted by Crippen LogP contribution is 2.31. The number of hydrogen-bond acceptors (Lipinski definition) is 2. The van der Waals surface area contributed by atoms with Crippen LogP contribution in [0, 0.1) is 0 Å². The third-order valence-corrected chi connectivity index (χ3v) is 3.04. The van der Waals surface area contributed by atoms with Gasteiger partial charge in [0.25, 0.3) is 0 Å². The highest BCUT2D eigenvalue weighted by molar-refractivity contribution is 5.97. The first-order chi connectivity index (χ1) is 8.27. The van der Waals surface area contributed by atoms with Gasteiger partial charge in [0.15, 0.2) is 0 Å². The molecule has 0 atom stereocenters. The van der Waals surface area contributed by atoms with E-state index in [4.69, 9.17) is 5.73 Å². The van der Waals surface area contributed by atoms with Crippen molar-refractivity contribution in [2.45, 2.75) is 0 Å². The first-order valence-corrected chi connectivity index (χ1v) is 5.53. The molecule has 2 N–H and O–H groups in total. The normalized spacial score (nSPS) is 10.9. The molecule has 0 unspecified atom stereocenters. The lowest BCUT2D eigenvalue weighted by atomic mass is 10.0. The number of nitrogens with zero attached hydrogens (tertiary/aromatic N) is 2. The molecule has 0 bridgehead atoms. The van der Waals surface area contributed by atoms with Crippen molar-refractivity contribution in [3.63, 3.8) is 0 Å². The zero-order valence-electron chi connectivity index (χ0n) is 9.59. The molecule has 3 aromatic rings. The summed E-state index contributed by atoms with van der Waals surface area (Å²) in [7, 11) is 1.94. The predicted molar refractivity (Wildman–Crippen MR) is 70.6 cm³/mol. The summed E-state index contributed by atoms with van der Waals surface area (Å²) in [6.45, 7) is 0. The van der Waals surface area contributed by atoms with Gasteiger partial charge in [0.2, 0.25) is 0 Å². The van der Waals surface area contributed by atoms with E-state index in [0.29, 0.717) is 0 Å². The monoisotopic (exact) mass is 223 g/mol. The Kier molecular flexibility index (Phi) is 2.11. The number of para-hydroxylation sites is 1. The number of nitrogens with two attached hydrogens (primary N) is 1. The van der Waals surface area contributed by atoms with E-state index in [1.165, 1.54) is 0 Å². The molecule has 0 aliphatic carbocycles. The number of hydrogen-bond donors (Lipinski definition) is 1. The SMILES string of the molecule is Cn1ncc2c(-c3ccccc3N)cccc21. The Labute approximate surface area is 99.5 Å². The molecule has 84 valence electrons. The molecule has 0 aliphatic rings. The van der Waals surface area contributed by atoms with Gasteiger partial charge in [-0.2, -0.15) is 5.10 Å². The molecule has 0 amide bonds. The second kappa shape index (κ2) is 3.63. The topological polar surface area (TPSA) is 43.8 Å². The fraction of sp³-hybridized carbons (Fsp3) is 0.0714. The number of rotatable bonds is 1. The lowest BCUT2D eigenvalue weighted by Crippen LogP contribution is -1.91. The van der Waals surface area contributed by atoms with Gasteiger partial charge in [0.05, 0.1) is 11.7 Å². The van der Waals surface area contributed by atoms with Crippen LogP contribution < -0.4 is 5.73 Å². The van der Waals surface area contributed by atoms with Gasteiger partial charge in [0.1, 0.15) is 0 Å². The minimum atomic E-state index is 0.795. The van der Waals surface area contributed by atoms with E-state index in [1.54, 1.807) is 0 Å². The Morgan fingerprint density at radius 3 is 2.59 bits per heavy atom. The van der Waals surface area contributed by atoms with E-state index in [-0.39, 0.29) is 0 Å². The zero-order valence-corrected chi connectivity index (χ0v) is 9.59. The van der Waals surface area contributed by atoms with Gasteiger partial charge in [-0.3, -0.25) is 4.68 Å². The summed E-state index contributed by atoms with van der Waals surface area (Å²) in [5.74, 6) is 0. The number of aryl methyl sites for hydroxylation is 1. The maximum absolute atomic E-state index is 6.02. The van der Waals surface area contributed by atoms with E-state index in [9.17, 15) is 0 Å². The number of benzene rings is 2. The van der Waals surface area contributed by atoms with Crippen LogP contribution in [0.15, 0.2) is 48.7 Å². The maximum atomic E-state index is 6.02. The summed E-state index contributed by atoms with van der Waals surface area (Å²) in [6.07, 6.45) is 1.89. The average molecular weight is 223 g/mol. The maximum Gasteiger partial charge on any atom is 0.0685 e. The largest absolute Gasteiger partial charge is 0.398 e.